The maximum atomic E-state index is 12.5. The number of aromatic nitrogens is 1. The number of fused-ring (bicyclic) bond motifs is 1. The van der Waals surface area contributed by atoms with E-state index < -0.39 is 0 Å². The molecule has 1 aromatic carbocycles. The van der Waals surface area contributed by atoms with Crippen LogP contribution in [-0.2, 0) is 0 Å². The van der Waals surface area contributed by atoms with Gasteiger partial charge in [-0.05, 0) is 24.6 Å². The van der Waals surface area contributed by atoms with E-state index in [2.05, 4.69) is 4.98 Å². The summed E-state index contributed by atoms with van der Waals surface area (Å²) in [6.07, 6.45) is 2.14. The Morgan fingerprint density at radius 3 is 2.68 bits per heavy atom. The molecule has 1 unspecified atom stereocenters. The van der Waals surface area contributed by atoms with E-state index in [9.17, 15) is 9.90 Å². The summed E-state index contributed by atoms with van der Waals surface area (Å²) in [6, 6.07) is 13.1. The van der Waals surface area contributed by atoms with Crippen molar-refractivity contribution in [2.24, 2.45) is 0 Å². The number of rotatable bonds is 3. The number of aliphatic hydroxyl groups is 1. The lowest BCUT2D eigenvalue weighted by molar-refractivity contribution is 0.0984. The number of carbonyl (C=O) groups is 1. The molecule has 96 valence electrons. The van der Waals surface area contributed by atoms with Crippen LogP contribution in [0, 0.1) is 0 Å². The van der Waals surface area contributed by atoms with Gasteiger partial charge in [0.2, 0.25) is 0 Å². The summed E-state index contributed by atoms with van der Waals surface area (Å²) in [4.78, 5) is 18.4. The van der Waals surface area contributed by atoms with Gasteiger partial charge in [0, 0.05) is 24.1 Å². The highest BCUT2D eigenvalue weighted by Gasteiger charge is 2.38. The minimum Gasteiger partial charge on any atom is -0.396 e. The Bertz CT molecular complexity index is 598. The number of hydrogen-bond acceptors (Lipinski definition) is 3. The highest BCUT2D eigenvalue weighted by atomic mass is 16.3. The van der Waals surface area contributed by atoms with Gasteiger partial charge in [0.25, 0.3) is 5.91 Å². The Hall–Kier alpha value is -2.20. The molecule has 1 aliphatic heterocycles. The van der Waals surface area contributed by atoms with Crippen molar-refractivity contribution >= 4 is 11.6 Å². The number of hydrogen-bond donors (Lipinski definition) is 1. The molecule has 1 atom stereocenters. The van der Waals surface area contributed by atoms with E-state index in [1.165, 1.54) is 0 Å². The van der Waals surface area contributed by atoms with Crippen molar-refractivity contribution in [3.05, 3.63) is 59.9 Å². The quantitative estimate of drug-likeness (QED) is 0.913. The third-order valence-corrected chi connectivity index (χ3v) is 3.37. The van der Waals surface area contributed by atoms with E-state index in [1.807, 2.05) is 42.5 Å². The first-order chi connectivity index (χ1) is 9.33. The van der Waals surface area contributed by atoms with Crippen LogP contribution in [-0.4, -0.2) is 22.6 Å². The lowest BCUT2D eigenvalue weighted by Crippen LogP contribution is -2.28. The molecule has 1 N–H and O–H groups in total. The number of nitrogens with zero attached hydrogens (tertiary/aromatic N) is 2. The first kappa shape index (κ1) is 11.9. The molecule has 3 rings (SSSR count). The van der Waals surface area contributed by atoms with Crippen LogP contribution in [0.1, 0.15) is 28.5 Å². The molecule has 0 saturated carbocycles. The second-order valence-corrected chi connectivity index (χ2v) is 4.48. The fraction of sp³-hybridized carbons (Fsp3) is 0.200. The van der Waals surface area contributed by atoms with Crippen LogP contribution in [0.3, 0.4) is 0 Å². The predicted molar refractivity (Wildman–Crippen MR) is 71.9 cm³/mol. The highest BCUT2D eigenvalue weighted by molar-refractivity contribution is 6.09. The van der Waals surface area contributed by atoms with Crippen molar-refractivity contribution in [1.82, 2.24) is 4.98 Å². The molecule has 0 radical (unpaired) electrons. The molecule has 1 aromatic heterocycles. The molecule has 0 bridgehead atoms. The second-order valence-electron chi connectivity index (χ2n) is 4.48. The highest BCUT2D eigenvalue weighted by Crippen LogP contribution is 2.37. The number of carbonyl (C=O) groups excluding carboxylic acids is 1. The van der Waals surface area contributed by atoms with E-state index in [-0.39, 0.29) is 18.6 Å². The molecule has 0 fully saturated rings. The van der Waals surface area contributed by atoms with Crippen LogP contribution < -0.4 is 4.90 Å². The Kier molecular flexibility index (Phi) is 3.01. The molecular formula is C15H14N2O2. The van der Waals surface area contributed by atoms with Gasteiger partial charge in [-0.25, -0.2) is 0 Å². The number of benzene rings is 1. The fourth-order valence-electron chi connectivity index (χ4n) is 2.55. The van der Waals surface area contributed by atoms with Gasteiger partial charge in [-0.1, -0.05) is 24.3 Å². The molecule has 0 spiro atoms. The summed E-state index contributed by atoms with van der Waals surface area (Å²) in [6.45, 7) is 0.0373. The number of aliphatic hydroxyl groups excluding tert-OH is 1. The summed E-state index contributed by atoms with van der Waals surface area (Å²) < 4.78 is 0. The average molecular weight is 254 g/mol. The molecule has 19 heavy (non-hydrogen) atoms. The predicted octanol–water partition coefficient (Wildman–Crippen LogP) is 2.17. The van der Waals surface area contributed by atoms with Crippen molar-refractivity contribution in [2.75, 3.05) is 11.5 Å². The number of anilines is 1. The van der Waals surface area contributed by atoms with Crippen molar-refractivity contribution in [3.63, 3.8) is 0 Å². The lowest BCUT2D eigenvalue weighted by Gasteiger charge is -2.24. The van der Waals surface area contributed by atoms with Crippen molar-refractivity contribution in [3.8, 4) is 0 Å². The summed E-state index contributed by atoms with van der Waals surface area (Å²) in [5.74, 6) is -0.0970. The number of pyridine rings is 1. The number of para-hydroxylation sites is 1. The van der Waals surface area contributed by atoms with Crippen molar-refractivity contribution in [1.29, 1.82) is 0 Å². The first-order valence-corrected chi connectivity index (χ1v) is 6.27. The lowest BCUT2D eigenvalue weighted by atomic mass is 10.1. The number of amides is 1. The molecule has 4 nitrogen and oxygen atoms in total. The van der Waals surface area contributed by atoms with Gasteiger partial charge in [-0.2, -0.15) is 0 Å². The zero-order valence-electron chi connectivity index (χ0n) is 10.4. The van der Waals surface area contributed by atoms with Crippen LogP contribution >= 0.6 is 0 Å². The molecule has 2 aromatic rings. The van der Waals surface area contributed by atoms with Gasteiger partial charge in [0.1, 0.15) is 5.69 Å². The Labute approximate surface area is 111 Å². The molecular weight excluding hydrogens is 240 g/mol. The molecule has 0 aliphatic carbocycles. The van der Waals surface area contributed by atoms with Crippen LogP contribution in [0.15, 0.2) is 48.7 Å². The molecule has 4 heteroatoms. The van der Waals surface area contributed by atoms with E-state index in [0.29, 0.717) is 12.1 Å². The minimum absolute atomic E-state index is 0.0373. The van der Waals surface area contributed by atoms with E-state index in [0.717, 1.165) is 11.3 Å². The Morgan fingerprint density at radius 2 is 1.95 bits per heavy atom. The normalized spacial score (nSPS) is 17.6. The van der Waals surface area contributed by atoms with Crippen LogP contribution in [0.25, 0.3) is 0 Å². The molecule has 2 heterocycles. The third kappa shape index (κ3) is 1.90. The minimum atomic E-state index is -0.136. The molecule has 0 saturated heterocycles. The van der Waals surface area contributed by atoms with Gasteiger partial charge in [-0.3, -0.25) is 14.7 Å². The van der Waals surface area contributed by atoms with Gasteiger partial charge in [0.05, 0.1) is 6.04 Å². The van der Waals surface area contributed by atoms with Gasteiger partial charge < -0.3 is 5.11 Å². The molecule has 1 amide bonds. The monoisotopic (exact) mass is 254 g/mol. The summed E-state index contributed by atoms with van der Waals surface area (Å²) in [5.41, 5.74) is 2.22. The maximum Gasteiger partial charge on any atom is 0.277 e. The van der Waals surface area contributed by atoms with Gasteiger partial charge >= 0.3 is 0 Å². The first-order valence-electron chi connectivity index (χ1n) is 6.27. The summed E-state index contributed by atoms with van der Waals surface area (Å²) in [5, 5.41) is 9.24. The Morgan fingerprint density at radius 1 is 1.16 bits per heavy atom. The van der Waals surface area contributed by atoms with Crippen LogP contribution in [0.2, 0.25) is 0 Å². The van der Waals surface area contributed by atoms with E-state index >= 15 is 0 Å². The van der Waals surface area contributed by atoms with Gasteiger partial charge in [-0.15, -0.1) is 0 Å². The fourth-order valence-corrected chi connectivity index (χ4v) is 2.55. The van der Waals surface area contributed by atoms with Crippen LogP contribution in [0.5, 0.6) is 0 Å². The second kappa shape index (κ2) is 4.82. The zero-order chi connectivity index (χ0) is 13.2. The van der Waals surface area contributed by atoms with Crippen molar-refractivity contribution in [2.45, 2.75) is 12.5 Å². The average Bonchev–Trinajstić information content (AvgIpc) is 2.74. The third-order valence-electron chi connectivity index (χ3n) is 3.37. The summed E-state index contributed by atoms with van der Waals surface area (Å²) in [7, 11) is 0. The molecule has 1 aliphatic rings. The van der Waals surface area contributed by atoms with E-state index in [4.69, 9.17) is 0 Å². The SMILES string of the molecule is O=C1c2ncccc2C(CCO)N1c1ccccc1. The maximum absolute atomic E-state index is 12.5. The topological polar surface area (TPSA) is 53.4 Å². The largest absolute Gasteiger partial charge is 0.396 e. The van der Waals surface area contributed by atoms with Crippen molar-refractivity contribution < 1.29 is 9.90 Å². The zero-order valence-corrected chi connectivity index (χ0v) is 10.4. The summed E-state index contributed by atoms with van der Waals surface area (Å²) >= 11 is 0. The van der Waals surface area contributed by atoms with Crippen LogP contribution in [0.4, 0.5) is 5.69 Å². The standard InChI is InChI=1S/C15H14N2O2/c18-10-8-13-12-7-4-9-16-14(12)15(19)17(13)11-5-2-1-3-6-11/h1-7,9,13,18H,8,10H2. The van der Waals surface area contributed by atoms with Gasteiger partial charge in [0.15, 0.2) is 0 Å². The van der Waals surface area contributed by atoms with E-state index in [1.54, 1.807) is 11.1 Å². The smallest absolute Gasteiger partial charge is 0.277 e. The Balaban J connectivity index is 2.08.